The van der Waals surface area contributed by atoms with Crippen molar-refractivity contribution in [3.8, 4) is 0 Å². The molecule has 0 atom stereocenters. The van der Waals surface area contributed by atoms with Crippen LogP contribution < -0.4 is 10.6 Å². The van der Waals surface area contributed by atoms with Crippen LogP contribution in [0.3, 0.4) is 0 Å². The van der Waals surface area contributed by atoms with Crippen LogP contribution in [-0.4, -0.2) is 89.3 Å². The van der Waals surface area contributed by atoms with Crippen molar-refractivity contribution in [2.75, 3.05) is 72.9 Å². The number of hydrogen-bond donors (Lipinski definition) is 2. The first-order chi connectivity index (χ1) is 12.1. The maximum absolute atomic E-state index is 5.47. The predicted molar refractivity (Wildman–Crippen MR) is 118 cm³/mol. The molecule has 1 aliphatic heterocycles. The number of nitrogens with zero attached hydrogens (tertiary/aromatic N) is 2. The van der Waals surface area contributed by atoms with E-state index in [9.17, 15) is 0 Å². The van der Waals surface area contributed by atoms with Gasteiger partial charge in [-0.1, -0.05) is 0 Å². The van der Waals surface area contributed by atoms with Crippen LogP contribution in [0.25, 0.3) is 0 Å². The second kappa shape index (κ2) is 15.9. The van der Waals surface area contributed by atoms with Crippen molar-refractivity contribution in [3.63, 3.8) is 0 Å². The van der Waals surface area contributed by atoms with Gasteiger partial charge in [0.25, 0.3) is 0 Å². The number of rotatable bonds is 12. The highest BCUT2D eigenvalue weighted by molar-refractivity contribution is 14.0. The summed E-state index contributed by atoms with van der Waals surface area (Å²) in [7, 11) is 1.69. The second-order valence-electron chi connectivity index (χ2n) is 6.85. The minimum Gasteiger partial charge on any atom is -0.382 e. The molecular formula is C18H39IN4O3. The third-order valence-corrected chi connectivity index (χ3v) is 4.28. The summed E-state index contributed by atoms with van der Waals surface area (Å²) in [5.41, 5.74) is 0.0430. The van der Waals surface area contributed by atoms with Crippen molar-refractivity contribution in [2.24, 2.45) is 4.99 Å². The Morgan fingerprint density at radius 1 is 1.12 bits per heavy atom. The van der Waals surface area contributed by atoms with E-state index in [2.05, 4.69) is 36.3 Å². The molecule has 156 valence electrons. The molecule has 1 heterocycles. The summed E-state index contributed by atoms with van der Waals surface area (Å²) in [6.07, 6.45) is 2.10. The lowest BCUT2D eigenvalue weighted by Crippen LogP contribution is -2.52. The zero-order valence-corrected chi connectivity index (χ0v) is 19.3. The van der Waals surface area contributed by atoms with Gasteiger partial charge in [-0.25, -0.2) is 0 Å². The van der Waals surface area contributed by atoms with Crippen LogP contribution in [0.2, 0.25) is 0 Å². The Morgan fingerprint density at radius 3 is 2.50 bits per heavy atom. The van der Waals surface area contributed by atoms with Crippen molar-refractivity contribution in [1.29, 1.82) is 0 Å². The minimum atomic E-state index is 0. The first kappa shape index (κ1) is 25.8. The number of hydrogen-bond acceptors (Lipinski definition) is 5. The Hall–Kier alpha value is -0.160. The summed E-state index contributed by atoms with van der Waals surface area (Å²) in [4.78, 5) is 7.24. The molecule has 0 saturated carbocycles. The first-order valence-electron chi connectivity index (χ1n) is 9.52. The summed E-state index contributed by atoms with van der Waals surface area (Å²) in [6, 6.07) is 0. The molecule has 0 aromatic carbocycles. The van der Waals surface area contributed by atoms with Crippen LogP contribution in [-0.2, 0) is 14.2 Å². The lowest BCUT2D eigenvalue weighted by molar-refractivity contribution is -0.00683. The maximum atomic E-state index is 5.47. The van der Waals surface area contributed by atoms with Crippen molar-refractivity contribution in [1.82, 2.24) is 15.5 Å². The highest BCUT2D eigenvalue weighted by Gasteiger charge is 2.27. The fourth-order valence-electron chi connectivity index (χ4n) is 2.66. The summed E-state index contributed by atoms with van der Waals surface area (Å²) in [6.45, 7) is 14.8. The fourth-order valence-corrected chi connectivity index (χ4v) is 2.66. The average molecular weight is 486 g/mol. The molecule has 1 saturated heterocycles. The summed E-state index contributed by atoms with van der Waals surface area (Å²) in [5.74, 6) is 0.893. The van der Waals surface area contributed by atoms with Gasteiger partial charge in [-0.05, 0) is 33.6 Å². The van der Waals surface area contributed by atoms with Gasteiger partial charge in [0.1, 0.15) is 0 Å². The van der Waals surface area contributed by atoms with Crippen LogP contribution in [0.1, 0.15) is 33.6 Å². The Balaban J connectivity index is 0.00000625. The summed E-state index contributed by atoms with van der Waals surface area (Å²) in [5, 5.41) is 6.74. The molecule has 26 heavy (non-hydrogen) atoms. The van der Waals surface area contributed by atoms with E-state index >= 15 is 0 Å². The van der Waals surface area contributed by atoms with Crippen LogP contribution in [0, 0.1) is 0 Å². The van der Waals surface area contributed by atoms with E-state index < -0.39 is 0 Å². The largest absolute Gasteiger partial charge is 0.382 e. The zero-order valence-electron chi connectivity index (χ0n) is 17.0. The van der Waals surface area contributed by atoms with Crippen molar-refractivity contribution in [3.05, 3.63) is 0 Å². The van der Waals surface area contributed by atoms with Crippen molar-refractivity contribution >= 4 is 29.9 Å². The SMILES string of the molecule is CCNC(=NCC(C)(C)N1CCOCC1)NCCCCOCCOC.I. The number of unbranched alkanes of at least 4 members (excludes halogenated alkanes) is 1. The number of nitrogens with one attached hydrogen (secondary N) is 2. The van der Waals surface area contributed by atoms with E-state index in [1.54, 1.807) is 7.11 Å². The Labute approximate surface area is 176 Å². The molecule has 1 aliphatic rings. The predicted octanol–water partition coefficient (Wildman–Crippen LogP) is 1.71. The van der Waals surface area contributed by atoms with Crippen LogP contribution >= 0.6 is 24.0 Å². The van der Waals surface area contributed by atoms with E-state index in [0.29, 0.717) is 13.2 Å². The number of aliphatic imine (C=N–C) groups is 1. The second-order valence-corrected chi connectivity index (χ2v) is 6.85. The smallest absolute Gasteiger partial charge is 0.191 e. The van der Waals surface area contributed by atoms with Gasteiger partial charge in [-0.2, -0.15) is 0 Å². The van der Waals surface area contributed by atoms with Gasteiger partial charge < -0.3 is 24.8 Å². The minimum absolute atomic E-state index is 0. The van der Waals surface area contributed by atoms with Gasteiger partial charge in [0, 0.05) is 45.4 Å². The molecule has 0 unspecified atom stereocenters. The van der Waals surface area contributed by atoms with E-state index in [4.69, 9.17) is 19.2 Å². The zero-order chi connectivity index (χ0) is 18.4. The molecule has 8 heteroatoms. The quantitative estimate of drug-likeness (QED) is 0.190. The topological polar surface area (TPSA) is 67.4 Å². The summed E-state index contributed by atoms with van der Waals surface area (Å²) < 4.78 is 15.9. The van der Waals surface area contributed by atoms with Gasteiger partial charge in [0.05, 0.1) is 33.0 Å². The maximum Gasteiger partial charge on any atom is 0.191 e. The van der Waals surface area contributed by atoms with Gasteiger partial charge in [-0.3, -0.25) is 9.89 Å². The molecule has 1 fully saturated rings. The third kappa shape index (κ3) is 11.5. The number of methoxy groups -OCH3 is 1. The number of ether oxygens (including phenoxy) is 3. The lowest BCUT2D eigenvalue weighted by Gasteiger charge is -2.39. The third-order valence-electron chi connectivity index (χ3n) is 4.28. The van der Waals surface area contributed by atoms with Crippen molar-refractivity contribution in [2.45, 2.75) is 39.2 Å². The monoisotopic (exact) mass is 486 g/mol. The molecule has 0 bridgehead atoms. The first-order valence-corrected chi connectivity index (χ1v) is 9.52. The molecule has 0 spiro atoms. The Bertz CT molecular complexity index is 364. The molecule has 0 radical (unpaired) electrons. The highest BCUT2D eigenvalue weighted by atomic mass is 127. The average Bonchev–Trinajstić information content (AvgIpc) is 2.62. The van der Waals surface area contributed by atoms with E-state index in [0.717, 1.165) is 71.3 Å². The standard InChI is InChI=1S/C18H38N4O3.HI/c1-5-19-17(20-8-6-7-11-24-15-14-23-4)21-16-18(2,3)22-9-12-25-13-10-22;/h5-16H2,1-4H3,(H2,19,20,21);1H. The molecule has 0 aromatic rings. The molecular weight excluding hydrogens is 447 g/mol. The van der Waals surface area contributed by atoms with Crippen molar-refractivity contribution < 1.29 is 14.2 Å². The van der Waals surface area contributed by atoms with Crippen LogP contribution in [0.4, 0.5) is 0 Å². The molecule has 2 N–H and O–H groups in total. The molecule has 0 aromatic heterocycles. The Morgan fingerprint density at radius 2 is 1.85 bits per heavy atom. The normalized spacial score (nSPS) is 16.2. The van der Waals surface area contributed by atoms with Gasteiger partial charge in [0.2, 0.25) is 0 Å². The van der Waals surface area contributed by atoms with Gasteiger partial charge in [-0.15, -0.1) is 24.0 Å². The summed E-state index contributed by atoms with van der Waals surface area (Å²) >= 11 is 0. The van der Waals surface area contributed by atoms with Crippen LogP contribution in [0.5, 0.6) is 0 Å². The molecule has 0 aliphatic carbocycles. The lowest BCUT2D eigenvalue weighted by atomic mass is 10.0. The van der Waals surface area contributed by atoms with E-state index in [1.165, 1.54) is 0 Å². The molecule has 7 nitrogen and oxygen atoms in total. The Kier molecular flexibility index (Phi) is 15.8. The highest BCUT2D eigenvalue weighted by Crippen LogP contribution is 2.16. The van der Waals surface area contributed by atoms with Gasteiger partial charge in [0.15, 0.2) is 5.96 Å². The molecule has 1 rings (SSSR count). The number of halogens is 1. The van der Waals surface area contributed by atoms with Gasteiger partial charge >= 0.3 is 0 Å². The van der Waals surface area contributed by atoms with E-state index in [1.807, 2.05) is 0 Å². The number of morpholine rings is 1. The molecule has 0 amide bonds. The van der Waals surface area contributed by atoms with Crippen LogP contribution in [0.15, 0.2) is 4.99 Å². The fraction of sp³-hybridized carbons (Fsp3) is 0.944. The van der Waals surface area contributed by atoms with E-state index in [-0.39, 0.29) is 29.5 Å². The number of guanidine groups is 1.